The van der Waals surface area contributed by atoms with Gasteiger partial charge in [0.2, 0.25) is 0 Å². The van der Waals surface area contributed by atoms with E-state index < -0.39 is 0 Å². The highest BCUT2D eigenvalue weighted by atomic mass is 16.4. The van der Waals surface area contributed by atoms with Gasteiger partial charge in [0.25, 0.3) is 0 Å². The monoisotopic (exact) mass is 264 g/mol. The van der Waals surface area contributed by atoms with Crippen molar-refractivity contribution in [1.82, 2.24) is 0 Å². The molecule has 2 heteroatoms. The van der Waals surface area contributed by atoms with E-state index in [4.69, 9.17) is 0 Å². The Kier molecular flexibility index (Phi) is 12.3. The first-order valence-electron chi connectivity index (χ1n) is 7.08. The van der Waals surface area contributed by atoms with Crippen LogP contribution in [0.25, 0.3) is 0 Å². The molecular formula is C17H28O2. The third-order valence-corrected chi connectivity index (χ3v) is 2.71. The molecule has 0 spiro atoms. The zero-order valence-corrected chi connectivity index (χ0v) is 12.6. The predicted molar refractivity (Wildman–Crippen MR) is 82.6 cm³/mol. The molecule has 1 aromatic rings. The van der Waals surface area contributed by atoms with Gasteiger partial charge < -0.3 is 9.84 Å². The molecule has 108 valence electrons. The Morgan fingerprint density at radius 2 is 1.68 bits per heavy atom. The van der Waals surface area contributed by atoms with Crippen LogP contribution in [0.2, 0.25) is 0 Å². The van der Waals surface area contributed by atoms with Crippen molar-refractivity contribution in [2.75, 3.05) is 14.2 Å². The summed E-state index contributed by atoms with van der Waals surface area (Å²) in [5.74, 6) is 0.418. The second kappa shape index (κ2) is 13.2. The maximum absolute atomic E-state index is 9.56. The van der Waals surface area contributed by atoms with Crippen LogP contribution in [0.1, 0.15) is 44.6 Å². The number of allylic oxidation sites excluding steroid dienone is 2. The minimum absolute atomic E-state index is 0.418. The number of aromatic hydroxyl groups is 1. The van der Waals surface area contributed by atoms with Crippen molar-refractivity contribution in [3.05, 3.63) is 42.0 Å². The molecule has 0 aromatic heterocycles. The molecule has 0 aliphatic heterocycles. The second-order valence-electron chi connectivity index (χ2n) is 4.54. The van der Waals surface area contributed by atoms with Gasteiger partial charge in [-0.05, 0) is 37.3 Å². The van der Waals surface area contributed by atoms with Gasteiger partial charge in [0.1, 0.15) is 5.75 Å². The summed E-state index contributed by atoms with van der Waals surface area (Å²) in [7, 11) is 3.25. The Hall–Kier alpha value is -1.28. The first-order valence-corrected chi connectivity index (χ1v) is 7.08. The summed E-state index contributed by atoms with van der Waals surface area (Å²) in [4.78, 5) is 0. The van der Waals surface area contributed by atoms with E-state index >= 15 is 0 Å². The number of ether oxygens (including phenoxy) is 1. The maximum atomic E-state index is 9.56. The van der Waals surface area contributed by atoms with E-state index in [2.05, 4.69) is 23.8 Å². The molecule has 0 aliphatic carbocycles. The molecule has 1 N–H and O–H groups in total. The van der Waals surface area contributed by atoms with Crippen molar-refractivity contribution < 1.29 is 9.84 Å². The van der Waals surface area contributed by atoms with Crippen LogP contribution in [-0.2, 0) is 11.2 Å². The summed E-state index contributed by atoms with van der Waals surface area (Å²) >= 11 is 0. The van der Waals surface area contributed by atoms with Gasteiger partial charge in [-0.3, -0.25) is 0 Å². The molecule has 0 fully saturated rings. The number of hydrogen-bond acceptors (Lipinski definition) is 2. The Morgan fingerprint density at radius 1 is 1.05 bits per heavy atom. The molecule has 1 rings (SSSR count). The van der Waals surface area contributed by atoms with E-state index in [1.54, 1.807) is 20.3 Å². The van der Waals surface area contributed by atoms with Crippen LogP contribution in [0.3, 0.4) is 0 Å². The fourth-order valence-electron chi connectivity index (χ4n) is 1.71. The van der Waals surface area contributed by atoms with Crippen LogP contribution in [0.4, 0.5) is 0 Å². The highest BCUT2D eigenvalue weighted by Crippen LogP contribution is 2.17. The largest absolute Gasteiger partial charge is 0.508 e. The Bertz CT molecular complexity index is 332. The molecule has 0 saturated heterocycles. The number of para-hydroxylation sites is 1. The van der Waals surface area contributed by atoms with Crippen LogP contribution in [0, 0.1) is 0 Å². The summed E-state index contributed by atoms with van der Waals surface area (Å²) in [6.45, 7) is 2.22. The van der Waals surface area contributed by atoms with Crippen LogP contribution in [-0.4, -0.2) is 19.3 Å². The van der Waals surface area contributed by atoms with Gasteiger partial charge in [0.15, 0.2) is 0 Å². The molecule has 0 aliphatic rings. The van der Waals surface area contributed by atoms with Crippen LogP contribution < -0.4 is 0 Å². The fourth-order valence-corrected chi connectivity index (χ4v) is 1.71. The summed E-state index contributed by atoms with van der Waals surface area (Å²) in [6, 6.07) is 7.57. The minimum Gasteiger partial charge on any atom is -0.508 e. The van der Waals surface area contributed by atoms with Gasteiger partial charge in [-0.2, -0.15) is 0 Å². The Morgan fingerprint density at radius 3 is 2.32 bits per heavy atom. The lowest BCUT2D eigenvalue weighted by atomic mass is 10.1. The summed E-state index contributed by atoms with van der Waals surface area (Å²) in [5, 5.41) is 9.56. The quantitative estimate of drug-likeness (QED) is 0.570. The van der Waals surface area contributed by atoms with Crippen molar-refractivity contribution >= 4 is 0 Å². The molecule has 2 nitrogen and oxygen atoms in total. The lowest BCUT2D eigenvalue weighted by Crippen LogP contribution is -1.83. The topological polar surface area (TPSA) is 29.5 Å². The molecule has 0 radical (unpaired) electrons. The Balaban J connectivity index is 0.000000982. The number of benzene rings is 1. The molecule has 0 amide bonds. The number of phenolic OH excluding ortho intramolecular Hbond substituents is 1. The van der Waals surface area contributed by atoms with Gasteiger partial charge in [-0.1, -0.05) is 50.1 Å². The average Bonchev–Trinajstić information content (AvgIpc) is 2.41. The van der Waals surface area contributed by atoms with Crippen LogP contribution >= 0.6 is 0 Å². The lowest BCUT2D eigenvalue weighted by Gasteiger charge is -2.01. The van der Waals surface area contributed by atoms with Gasteiger partial charge in [0.05, 0.1) is 0 Å². The summed E-state index contributed by atoms with van der Waals surface area (Å²) < 4.78 is 4.25. The standard InChI is InChI=1S/C15H22O.C2H6O/c1-2-3-4-5-6-7-8-11-14-12-9-10-13-15(14)16;1-3-2/h6-7,9-10,12-13,16H,2-5,8,11H2,1H3;1-2H3. The number of hydrogen-bond donors (Lipinski definition) is 1. The molecule has 0 unspecified atom stereocenters. The number of rotatable bonds is 7. The SMILES string of the molecule is CCCCCC=CCCc1ccccc1O.COC. The van der Waals surface area contributed by atoms with Crippen molar-refractivity contribution in [2.45, 2.75) is 45.4 Å². The number of phenols is 1. The molecule has 0 bridgehead atoms. The Labute approximate surface area is 118 Å². The normalized spacial score (nSPS) is 10.3. The van der Waals surface area contributed by atoms with E-state index in [0.29, 0.717) is 5.75 Å². The molecular weight excluding hydrogens is 236 g/mol. The zero-order valence-electron chi connectivity index (χ0n) is 12.6. The summed E-state index contributed by atoms with van der Waals surface area (Å²) in [5.41, 5.74) is 1.04. The van der Waals surface area contributed by atoms with Gasteiger partial charge >= 0.3 is 0 Å². The molecule has 0 saturated carbocycles. The van der Waals surface area contributed by atoms with Gasteiger partial charge in [-0.15, -0.1) is 0 Å². The second-order valence-corrected chi connectivity index (χ2v) is 4.54. The van der Waals surface area contributed by atoms with Crippen molar-refractivity contribution in [2.24, 2.45) is 0 Å². The van der Waals surface area contributed by atoms with Crippen LogP contribution in [0.5, 0.6) is 5.75 Å². The third kappa shape index (κ3) is 10.3. The van der Waals surface area contributed by atoms with E-state index in [1.807, 2.05) is 18.2 Å². The van der Waals surface area contributed by atoms with Crippen molar-refractivity contribution in [3.8, 4) is 5.75 Å². The zero-order chi connectivity index (χ0) is 14.3. The van der Waals surface area contributed by atoms with Crippen molar-refractivity contribution in [3.63, 3.8) is 0 Å². The number of unbranched alkanes of at least 4 members (excludes halogenated alkanes) is 3. The first-order chi connectivity index (χ1) is 9.26. The average molecular weight is 264 g/mol. The number of methoxy groups -OCH3 is 1. The van der Waals surface area contributed by atoms with E-state index in [-0.39, 0.29) is 0 Å². The van der Waals surface area contributed by atoms with E-state index in [0.717, 1.165) is 18.4 Å². The molecule has 1 aromatic carbocycles. The lowest BCUT2D eigenvalue weighted by molar-refractivity contribution is 0.277. The van der Waals surface area contributed by atoms with Gasteiger partial charge in [0, 0.05) is 14.2 Å². The minimum atomic E-state index is 0.418. The highest BCUT2D eigenvalue weighted by molar-refractivity contribution is 5.31. The predicted octanol–water partition coefficient (Wildman–Crippen LogP) is 4.72. The van der Waals surface area contributed by atoms with Crippen LogP contribution in [0.15, 0.2) is 36.4 Å². The third-order valence-electron chi connectivity index (χ3n) is 2.71. The first kappa shape index (κ1) is 17.7. The molecule has 19 heavy (non-hydrogen) atoms. The number of aryl methyl sites for hydroxylation is 1. The van der Waals surface area contributed by atoms with E-state index in [1.165, 1.54) is 25.7 Å². The van der Waals surface area contributed by atoms with Gasteiger partial charge in [-0.25, -0.2) is 0 Å². The smallest absolute Gasteiger partial charge is 0.118 e. The summed E-state index contributed by atoms with van der Waals surface area (Å²) in [6.07, 6.45) is 11.5. The fraction of sp³-hybridized carbons (Fsp3) is 0.529. The maximum Gasteiger partial charge on any atom is 0.118 e. The van der Waals surface area contributed by atoms with E-state index in [9.17, 15) is 5.11 Å². The molecule has 0 atom stereocenters. The molecule has 0 heterocycles. The van der Waals surface area contributed by atoms with Crippen molar-refractivity contribution in [1.29, 1.82) is 0 Å². The highest BCUT2D eigenvalue weighted by Gasteiger charge is 1.96.